The third-order valence-electron chi connectivity index (χ3n) is 4.23. The molecule has 0 unspecified atom stereocenters. The van der Waals surface area contributed by atoms with Crippen LogP contribution in [0.25, 0.3) is 0 Å². The van der Waals surface area contributed by atoms with Crippen molar-refractivity contribution in [1.29, 1.82) is 0 Å². The van der Waals surface area contributed by atoms with Crippen LogP contribution in [-0.4, -0.2) is 60.2 Å². The molecule has 0 aliphatic carbocycles. The molecule has 0 spiro atoms. The monoisotopic (exact) mass is 327 g/mol. The Morgan fingerprint density at radius 3 is 2.08 bits per heavy atom. The second-order valence-electron chi connectivity index (χ2n) is 6.28. The molecule has 1 aliphatic heterocycles. The van der Waals surface area contributed by atoms with E-state index >= 15 is 0 Å². The predicted octanol–water partition coefficient (Wildman–Crippen LogP) is 1.53. The van der Waals surface area contributed by atoms with Crippen molar-refractivity contribution < 1.29 is 0 Å². The summed E-state index contributed by atoms with van der Waals surface area (Å²) in [6, 6.07) is 2.00. The highest BCUT2D eigenvalue weighted by molar-refractivity contribution is 5.46. The largest absolute Gasteiger partial charge is 0.363 e. The molecule has 128 valence electrons. The fraction of sp³-hybridized carbons (Fsp3) is 0.529. The topological polar surface area (TPSA) is 61.3 Å². The van der Waals surface area contributed by atoms with Crippen LogP contribution in [0.2, 0.25) is 0 Å². The van der Waals surface area contributed by atoms with Crippen LogP contribution in [-0.2, 0) is 6.42 Å². The van der Waals surface area contributed by atoms with E-state index in [2.05, 4.69) is 36.7 Å². The van der Waals surface area contributed by atoms with Crippen LogP contribution in [0.1, 0.15) is 18.2 Å². The summed E-state index contributed by atoms with van der Waals surface area (Å²) in [5, 5.41) is 0. The Hall–Kier alpha value is -2.44. The molecule has 0 bridgehead atoms. The lowest BCUT2D eigenvalue weighted by molar-refractivity contribution is 0.626. The smallest absolute Gasteiger partial charge is 0.227 e. The standard InChI is InChI=1S/C17H25N7/c1-5-14-11-18-16(19-12-14)23-6-8-24(9-7-23)17-20-13(2)10-15(21-17)22(3)4/h10-12H,5-9H2,1-4H3. The van der Waals surface area contributed by atoms with Crippen LogP contribution in [0.15, 0.2) is 18.5 Å². The molecule has 0 saturated carbocycles. The predicted molar refractivity (Wildman–Crippen MR) is 96.9 cm³/mol. The van der Waals surface area contributed by atoms with E-state index in [1.807, 2.05) is 44.4 Å². The fourth-order valence-electron chi connectivity index (χ4n) is 2.71. The summed E-state index contributed by atoms with van der Waals surface area (Å²) in [7, 11) is 4.00. The van der Waals surface area contributed by atoms with Gasteiger partial charge in [-0.2, -0.15) is 4.98 Å². The number of hydrogen-bond donors (Lipinski definition) is 0. The van der Waals surface area contributed by atoms with Crippen molar-refractivity contribution >= 4 is 17.7 Å². The first kappa shape index (κ1) is 16.4. The molecule has 1 saturated heterocycles. The maximum Gasteiger partial charge on any atom is 0.227 e. The van der Waals surface area contributed by atoms with Crippen LogP contribution in [0, 0.1) is 6.92 Å². The van der Waals surface area contributed by atoms with Crippen LogP contribution in [0.5, 0.6) is 0 Å². The first-order valence-electron chi connectivity index (χ1n) is 8.40. The van der Waals surface area contributed by atoms with E-state index in [1.54, 1.807) is 0 Å². The summed E-state index contributed by atoms with van der Waals surface area (Å²) < 4.78 is 0. The summed E-state index contributed by atoms with van der Waals surface area (Å²) in [4.78, 5) is 24.7. The molecule has 3 heterocycles. The highest BCUT2D eigenvalue weighted by Gasteiger charge is 2.21. The van der Waals surface area contributed by atoms with Crippen LogP contribution in [0.3, 0.4) is 0 Å². The molecule has 1 fully saturated rings. The SMILES string of the molecule is CCc1cnc(N2CCN(c3nc(C)cc(N(C)C)n3)CC2)nc1. The van der Waals surface area contributed by atoms with Crippen molar-refractivity contribution in [1.82, 2.24) is 19.9 Å². The lowest BCUT2D eigenvalue weighted by Crippen LogP contribution is -2.47. The number of piperazine rings is 1. The average molecular weight is 327 g/mol. The normalized spacial score (nSPS) is 14.8. The van der Waals surface area contributed by atoms with Crippen molar-refractivity contribution in [3.63, 3.8) is 0 Å². The van der Waals surface area contributed by atoms with Crippen molar-refractivity contribution in [2.24, 2.45) is 0 Å². The van der Waals surface area contributed by atoms with Crippen LogP contribution in [0.4, 0.5) is 17.7 Å². The maximum absolute atomic E-state index is 4.67. The lowest BCUT2D eigenvalue weighted by atomic mass is 10.3. The number of aromatic nitrogens is 4. The summed E-state index contributed by atoms with van der Waals surface area (Å²) in [6.07, 6.45) is 4.80. The second kappa shape index (κ2) is 6.98. The minimum atomic E-state index is 0.806. The molecule has 0 amide bonds. The van der Waals surface area contributed by atoms with Gasteiger partial charge in [-0.3, -0.25) is 0 Å². The molecule has 24 heavy (non-hydrogen) atoms. The Labute approximate surface area is 143 Å². The molecule has 7 heteroatoms. The molecule has 2 aromatic heterocycles. The Morgan fingerprint density at radius 2 is 1.54 bits per heavy atom. The first-order valence-corrected chi connectivity index (χ1v) is 8.40. The Morgan fingerprint density at radius 1 is 0.958 bits per heavy atom. The summed E-state index contributed by atoms with van der Waals surface area (Å²) in [6.45, 7) is 7.61. The first-order chi connectivity index (χ1) is 11.6. The van der Waals surface area contributed by atoms with Gasteiger partial charge in [0.1, 0.15) is 5.82 Å². The van der Waals surface area contributed by atoms with Gasteiger partial charge >= 0.3 is 0 Å². The highest BCUT2D eigenvalue weighted by atomic mass is 15.4. The van der Waals surface area contributed by atoms with Gasteiger partial charge in [0.15, 0.2) is 0 Å². The van der Waals surface area contributed by atoms with Crippen LogP contribution < -0.4 is 14.7 Å². The Bertz CT molecular complexity index is 676. The number of rotatable bonds is 4. The van der Waals surface area contributed by atoms with Crippen LogP contribution >= 0.6 is 0 Å². The number of anilines is 3. The minimum absolute atomic E-state index is 0.806. The zero-order valence-electron chi connectivity index (χ0n) is 14.9. The zero-order valence-corrected chi connectivity index (χ0v) is 14.9. The summed E-state index contributed by atoms with van der Waals surface area (Å²) in [5.74, 6) is 2.56. The lowest BCUT2D eigenvalue weighted by Gasteiger charge is -2.35. The van der Waals surface area contributed by atoms with Gasteiger partial charge in [-0.05, 0) is 18.9 Å². The molecule has 0 N–H and O–H groups in total. The molecule has 0 atom stereocenters. The Balaban J connectivity index is 1.68. The minimum Gasteiger partial charge on any atom is -0.363 e. The van der Waals surface area contributed by atoms with Gasteiger partial charge in [0.25, 0.3) is 0 Å². The fourth-order valence-corrected chi connectivity index (χ4v) is 2.71. The van der Waals surface area contributed by atoms with E-state index in [0.29, 0.717) is 0 Å². The molecular weight excluding hydrogens is 302 g/mol. The van der Waals surface area contributed by atoms with Gasteiger partial charge in [0.2, 0.25) is 11.9 Å². The van der Waals surface area contributed by atoms with Gasteiger partial charge in [-0.1, -0.05) is 6.92 Å². The van der Waals surface area contributed by atoms with Crippen molar-refractivity contribution in [2.75, 3.05) is 55.0 Å². The van der Waals surface area contributed by atoms with E-state index in [4.69, 9.17) is 0 Å². The molecule has 3 rings (SSSR count). The van der Waals surface area contributed by atoms with E-state index in [9.17, 15) is 0 Å². The maximum atomic E-state index is 4.67. The van der Waals surface area contributed by atoms with Gasteiger partial charge in [-0.15, -0.1) is 0 Å². The second-order valence-corrected chi connectivity index (χ2v) is 6.28. The third kappa shape index (κ3) is 3.55. The van der Waals surface area contributed by atoms with E-state index < -0.39 is 0 Å². The number of hydrogen-bond acceptors (Lipinski definition) is 7. The molecule has 7 nitrogen and oxygen atoms in total. The van der Waals surface area contributed by atoms with E-state index in [1.165, 1.54) is 5.56 Å². The van der Waals surface area contributed by atoms with Gasteiger partial charge in [0.05, 0.1) is 0 Å². The van der Waals surface area contributed by atoms with E-state index in [-0.39, 0.29) is 0 Å². The molecule has 2 aromatic rings. The van der Waals surface area contributed by atoms with Gasteiger partial charge in [-0.25, -0.2) is 15.0 Å². The van der Waals surface area contributed by atoms with E-state index in [0.717, 1.165) is 56.0 Å². The average Bonchev–Trinajstić information content (AvgIpc) is 2.61. The number of aryl methyl sites for hydroxylation is 2. The van der Waals surface area contributed by atoms with Crippen molar-refractivity contribution in [2.45, 2.75) is 20.3 Å². The molecule has 1 aliphatic rings. The van der Waals surface area contributed by atoms with Gasteiger partial charge in [0, 0.05) is 64.4 Å². The van der Waals surface area contributed by atoms with Crippen molar-refractivity contribution in [3.05, 3.63) is 29.7 Å². The van der Waals surface area contributed by atoms with Crippen molar-refractivity contribution in [3.8, 4) is 0 Å². The quantitative estimate of drug-likeness (QED) is 0.844. The molecule has 0 aromatic carbocycles. The summed E-state index contributed by atoms with van der Waals surface area (Å²) in [5.41, 5.74) is 2.16. The molecular formula is C17H25N7. The summed E-state index contributed by atoms with van der Waals surface area (Å²) >= 11 is 0. The third-order valence-corrected chi connectivity index (χ3v) is 4.23. The Kier molecular flexibility index (Phi) is 4.78. The molecule has 0 radical (unpaired) electrons. The number of nitrogens with zero attached hydrogens (tertiary/aromatic N) is 7. The highest BCUT2D eigenvalue weighted by Crippen LogP contribution is 2.18. The zero-order chi connectivity index (χ0) is 17.1. The van der Waals surface area contributed by atoms with Gasteiger partial charge < -0.3 is 14.7 Å².